The summed E-state index contributed by atoms with van der Waals surface area (Å²) < 4.78 is 29.2. The highest BCUT2D eigenvalue weighted by Crippen LogP contribution is 2.23. The van der Waals surface area contributed by atoms with Crippen molar-refractivity contribution in [2.45, 2.75) is 13.3 Å². The zero-order chi connectivity index (χ0) is 16.8. The minimum absolute atomic E-state index is 0. The normalized spacial score (nSPS) is 21.7. The van der Waals surface area contributed by atoms with E-state index in [2.05, 4.69) is 15.0 Å². The maximum atomic E-state index is 11.7. The van der Waals surface area contributed by atoms with Gasteiger partial charge in [0.2, 0.25) is 10.0 Å². The number of esters is 1. The second-order valence-corrected chi connectivity index (χ2v) is 7.34. The highest BCUT2D eigenvalue weighted by atomic mass is 127. The van der Waals surface area contributed by atoms with E-state index in [4.69, 9.17) is 4.74 Å². The second-order valence-electron chi connectivity index (χ2n) is 5.51. The maximum Gasteiger partial charge on any atom is 0.310 e. The van der Waals surface area contributed by atoms with Crippen LogP contribution in [-0.4, -0.2) is 71.8 Å². The van der Waals surface area contributed by atoms with Crippen LogP contribution >= 0.6 is 24.0 Å². The van der Waals surface area contributed by atoms with E-state index in [0.717, 1.165) is 18.8 Å². The van der Waals surface area contributed by atoms with Crippen molar-refractivity contribution in [1.82, 2.24) is 14.9 Å². The van der Waals surface area contributed by atoms with Gasteiger partial charge < -0.3 is 15.0 Å². The molecule has 23 heavy (non-hydrogen) atoms. The Morgan fingerprint density at radius 3 is 2.52 bits per heavy atom. The largest absolute Gasteiger partial charge is 0.469 e. The smallest absolute Gasteiger partial charge is 0.310 e. The first-order valence-electron chi connectivity index (χ1n) is 7.26. The third-order valence-electron chi connectivity index (χ3n) is 3.63. The van der Waals surface area contributed by atoms with E-state index in [0.29, 0.717) is 26.1 Å². The fourth-order valence-electron chi connectivity index (χ4n) is 2.48. The van der Waals surface area contributed by atoms with Crippen molar-refractivity contribution in [3.63, 3.8) is 0 Å². The molecule has 136 valence electrons. The number of rotatable bonds is 6. The molecule has 1 rings (SSSR count). The summed E-state index contributed by atoms with van der Waals surface area (Å²) >= 11 is 0. The van der Waals surface area contributed by atoms with Crippen molar-refractivity contribution in [3.8, 4) is 0 Å². The van der Waals surface area contributed by atoms with Crippen molar-refractivity contribution in [3.05, 3.63) is 0 Å². The molecule has 1 heterocycles. The van der Waals surface area contributed by atoms with E-state index in [1.54, 1.807) is 7.05 Å². The van der Waals surface area contributed by atoms with Gasteiger partial charge in [-0.3, -0.25) is 9.79 Å². The molecule has 0 bridgehead atoms. The van der Waals surface area contributed by atoms with E-state index in [9.17, 15) is 13.2 Å². The maximum absolute atomic E-state index is 11.7. The van der Waals surface area contributed by atoms with Crippen LogP contribution in [0.2, 0.25) is 0 Å². The Morgan fingerprint density at radius 1 is 1.35 bits per heavy atom. The predicted molar refractivity (Wildman–Crippen MR) is 100 cm³/mol. The molecule has 1 fully saturated rings. The van der Waals surface area contributed by atoms with Gasteiger partial charge in [0.05, 0.1) is 19.3 Å². The van der Waals surface area contributed by atoms with Crippen LogP contribution < -0.4 is 10.0 Å². The number of guanidine groups is 1. The van der Waals surface area contributed by atoms with Gasteiger partial charge in [0, 0.05) is 33.2 Å². The molecule has 0 saturated carbocycles. The van der Waals surface area contributed by atoms with Crippen molar-refractivity contribution in [1.29, 1.82) is 0 Å². The van der Waals surface area contributed by atoms with E-state index >= 15 is 0 Å². The Morgan fingerprint density at radius 2 is 2.00 bits per heavy atom. The average molecular weight is 462 g/mol. The number of hydrogen-bond donors (Lipinski definition) is 2. The van der Waals surface area contributed by atoms with Crippen molar-refractivity contribution >= 4 is 45.9 Å². The quantitative estimate of drug-likeness (QED) is 0.188. The molecule has 10 heteroatoms. The average Bonchev–Trinajstić information content (AvgIpc) is 2.82. The van der Waals surface area contributed by atoms with Crippen LogP contribution in [0.4, 0.5) is 0 Å². The van der Waals surface area contributed by atoms with Crippen LogP contribution in [0.15, 0.2) is 4.99 Å². The Balaban J connectivity index is 0.00000484. The standard InChI is InChI=1S/C13H26N4O4S.HI/c1-10-8-17(9-11(10)12(18)21-3)13(14-2)15-6-5-7-16-22(4,19)20;/h10-11,16H,5-9H2,1-4H3,(H,14,15);1H. The number of ether oxygens (including phenoxy) is 1. The molecule has 2 unspecified atom stereocenters. The molecule has 0 radical (unpaired) electrons. The van der Waals surface area contributed by atoms with Crippen LogP contribution in [0.25, 0.3) is 0 Å². The zero-order valence-corrected chi connectivity index (χ0v) is 17.2. The summed E-state index contributed by atoms with van der Waals surface area (Å²) in [6.45, 7) is 4.31. The number of halogens is 1. The summed E-state index contributed by atoms with van der Waals surface area (Å²) in [4.78, 5) is 17.9. The Labute approximate surface area is 155 Å². The molecule has 0 aromatic heterocycles. The summed E-state index contributed by atoms with van der Waals surface area (Å²) in [7, 11) is -0.0528. The highest BCUT2D eigenvalue weighted by molar-refractivity contribution is 14.0. The van der Waals surface area contributed by atoms with E-state index < -0.39 is 10.0 Å². The molecule has 1 saturated heterocycles. The number of aliphatic imine (C=N–C) groups is 1. The lowest BCUT2D eigenvalue weighted by molar-refractivity contribution is -0.145. The van der Waals surface area contributed by atoms with Gasteiger partial charge in [0.1, 0.15) is 0 Å². The van der Waals surface area contributed by atoms with Crippen LogP contribution in [0.1, 0.15) is 13.3 Å². The van der Waals surface area contributed by atoms with Crippen molar-refractivity contribution in [2.75, 3.05) is 46.6 Å². The molecule has 0 spiro atoms. The molecule has 2 N–H and O–H groups in total. The zero-order valence-electron chi connectivity index (χ0n) is 14.0. The summed E-state index contributed by atoms with van der Waals surface area (Å²) in [6, 6.07) is 0. The second kappa shape index (κ2) is 10.3. The SMILES string of the molecule is CN=C(NCCCNS(C)(=O)=O)N1CC(C)C(C(=O)OC)C1.I. The first-order chi connectivity index (χ1) is 10.3. The highest BCUT2D eigenvalue weighted by Gasteiger charge is 2.36. The van der Waals surface area contributed by atoms with Gasteiger partial charge in [0.25, 0.3) is 0 Å². The molecular formula is C13H27IN4O4S. The first kappa shape index (κ1) is 22.4. The molecular weight excluding hydrogens is 435 g/mol. The Kier molecular flexibility index (Phi) is 10.0. The minimum Gasteiger partial charge on any atom is -0.469 e. The van der Waals surface area contributed by atoms with Gasteiger partial charge in [0.15, 0.2) is 5.96 Å². The molecule has 1 aliphatic heterocycles. The monoisotopic (exact) mass is 462 g/mol. The number of likely N-dealkylation sites (tertiary alicyclic amines) is 1. The van der Waals surface area contributed by atoms with E-state index in [1.807, 2.05) is 11.8 Å². The van der Waals surface area contributed by atoms with E-state index in [-0.39, 0.29) is 41.8 Å². The molecule has 2 atom stereocenters. The number of nitrogens with zero attached hydrogens (tertiary/aromatic N) is 2. The number of methoxy groups -OCH3 is 1. The molecule has 1 aliphatic rings. The predicted octanol–water partition coefficient (Wildman–Crippen LogP) is -0.140. The summed E-state index contributed by atoms with van der Waals surface area (Å²) in [6.07, 6.45) is 1.79. The van der Waals surface area contributed by atoms with Gasteiger partial charge in [-0.05, 0) is 12.3 Å². The van der Waals surface area contributed by atoms with Crippen molar-refractivity contribution < 1.29 is 17.9 Å². The lowest BCUT2D eigenvalue weighted by Crippen LogP contribution is -2.41. The number of hydrogen-bond acceptors (Lipinski definition) is 5. The fourth-order valence-corrected chi connectivity index (χ4v) is 2.99. The third kappa shape index (κ3) is 7.66. The van der Waals surface area contributed by atoms with Gasteiger partial charge in [-0.25, -0.2) is 13.1 Å². The van der Waals surface area contributed by atoms with Gasteiger partial charge in [-0.1, -0.05) is 6.92 Å². The summed E-state index contributed by atoms with van der Waals surface area (Å²) in [5.41, 5.74) is 0. The van der Waals surface area contributed by atoms with Gasteiger partial charge >= 0.3 is 5.97 Å². The summed E-state index contributed by atoms with van der Waals surface area (Å²) in [5, 5.41) is 3.18. The Bertz CT molecular complexity index is 512. The van der Waals surface area contributed by atoms with Crippen LogP contribution in [0, 0.1) is 11.8 Å². The van der Waals surface area contributed by atoms with Gasteiger partial charge in [-0.15, -0.1) is 24.0 Å². The fraction of sp³-hybridized carbons (Fsp3) is 0.846. The van der Waals surface area contributed by atoms with Crippen LogP contribution in [-0.2, 0) is 19.6 Å². The topological polar surface area (TPSA) is 100 Å². The number of carbonyl (C=O) groups is 1. The summed E-state index contributed by atoms with van der Waals surface area (Å²) in [5.74, 6) is 0.591. The first-order valence-corrected chi connectivity index (χ1v) is 9.15. The number of carbonyl (C=O) groups excluding carboxylic acids is 1. The lowest BCUT2D eigenvalue weighted by Gasteiger charge is -2.21. The third-order valence-corrected chi connectivity index (χ3v) is 4.36. The molecule has 0 aromatic rings. The Hall–Kier alpha value is -0.620. The minimum atomic E-state index is -3.14. The molecule has 0 amide bonds. The van der Waals surface area contributed by atoms with Gasteiger partial charge in [-0.2, -0.15) is 0 Å². The number of nitrogens with one attached hydrogen (secondary N) is 2. The van der Waals surface area contributed by atoms with Crippen molar-refractivity contribution in [2.24, 2.45) is 16.8 Å². The van der Waals surface area contributed by atoms with Crippen LogP contribution in [0.3, 0.4) is 0 Å². The number of sulfonamides is 1. The van der Waals surface area contributed by atoms with Crippen LogP contribution in [0.5, 0.6) is 0 Å². The molecule has 0 aliphatic carbocycles. The van der Waals surface area contributed by atoms with E-state index in [1.165, 1.54) is 7.11 Å². The lowest BCUT2D eigenvalue weighted by atomic mass is 9.99. The molecule has 8 nitrogen and oxygen atoms in total. The molecule has 0 aromatic carbocycles.